The lowest BCUT2D eigenvalue weighted by molar-refractivity contribution is 0.0628. The van der Waals surface area contributed by atoms with Crippen molar-refractivity contribution >= 4 is 28.4 Å². The molecule has 2 aromatic carbocycles. The second-order valence-corrected chi connectivity index (χ2v) is 8.22. The van der Waals surface area contributed by atoms with Gasteiger partial charge in [-0.3, -0.25) is 9.69 Å². The van der Waals surface area contributed by atoms with Gasteiger partial charge in [-0.15, -0.1) is 0 Å². The average Bonchev–Trinajstić information content (AvgIpc) is 3.13. The molecule has 2 heterocycles. The van der Waals surface area contributed by atoms with Gasteiger partial charge in [-0.2, -0.15) is 0 Å². The molecule has 146 valence electrons. The highest BCUT2D eigenvalue weighted by molar-refractivity contribution is 6.30. The summed E-state index contributed by atoms with van der Waals surface area (Å²) in [5, 5.41) is 1.89. The van der Waals surface area contributed by atoms with Gasteiger partial charge in [0.2, 0.25) is 0 Å². The van der Waals surface area contributed by atoms with Crippen LogP contribution in [-0.2, 0) is 6.54 Å². The SMILES string of the molecule is CC(C)n1ccc2cc(C(=O)N3CCN(Cc4ccc(Cl)cc4)CC3)ccc21. The molecule has 1 saturated heterocycles. The Hall–Kier alpha value is -2.30. The lowest BCUT2D eigenvalue weighted by Gasteiger charge is -2.34. The van der Waals surface area contributed by atoms with Gasteiger partial charge in [0.1, 0.15) is 0 Å². The van der Waals surface area contributed by atoms with Gasteiger partial charge < -0.3 is 9.47 Å². The van der Waals surface area contributed by atoms with Crippen molar-refractivity contribution in [3.63, 3.8) is 0 Å². The third-order valence-corrected chi connectivity index (χ3v) is 5.75. The van der Waals surface area contributed by atoms with Crippen molar-refractivity contribution in [1.29, 1.82) is 0 Å². The van der Waals surface area contributed by atoms with Crippen LogP contribution in [0.15, 0.2) is 54.7 Å². The van der Waals surface area contributed by atoms with Gasteiger partial charge in [-0.05, 0) is 55.8 Å². The molecule has 28 heavy (non-hydrogen) atoms. The zero-order chi connectivity index (χ0) is 19.7. The number of aromatic nitrogens is 1. The summed E-state index contributed by atoms with van der Waals surface area (Å²) in [5.41, 5.74) is 3.21. The van der Waals surface area contributed by atoms with E-state index in [9.17, 15) is 4.79 Å². The van der Waals surface area contributed by atoms with Crippen LogP contribution < -0.4 is 0 Å². The van der Waals surface area contributed by atoms with Gasteiger partial charge in [0.05, 0.1) is 0 Å². The number of fused-ring (bicyclic) bond motifs is 1. The Bertz CT molecular complexity index is 969. The minimum absolute atomic E-state index is 0.130. The number of rotatable bonds is 4. The van der Waals surface area contributed by atoms with E-state index in [1.807, 2.05) is 29.2 Å². The number of benzene rings is 2. The summed E-state index contributed by atoms with van der Waals surface area (Å²) in [6.07, 6.45) is 2.10. The van der Waals surface area contributed by atoms with E-state index >= 15 is 0 Å². The van der Waals surface area contributed by atoms with Gasteiger partial charge >= 0.3 is 0 Å². The molecule has 1 aliphatic rings. The van der Waals surface area contributed by atoms with E-state index in [1.54, 1.807) is 0 Å². The topological polar surface area (TPSA) is 28.5 Å². The van der Waals surface area contributed by atoms with Crippen LogP contribution in [0, 0.1) is 0 Å². The molecule has 0 spiro atoms. The second-order valence-electron chi connectivity index (χ2n) is 7.79. The van der Waals surface area contributed by atoms with Crippen molar-refractivity contribution in [3.8, 4) is 0 Å². The van der Waals surface area contributed by atoms with Gasteiger partial charge in [-0.25, -0.2) is 0 Å². The predicted molar refractivity (Wildman–Crippen MR) is 115 cm³/mol. The lowest BCUT2D eigenvalue weighted by Crippen LogP contribution is -2.48. The van der Waals surface area contributed by atoms with Gasteiger partial charge in [0.25, 0.3) is 5.91 Å². The Balaban J connectivity index is 1.39. The molecule has 0 bridgehead atoms. The minimum atomic E-state index is 0.130. The standard InChI is InChI=1S/C23H26ClN3O/c1-17(2)27-10-9-19-15-20(5-8-22(19)27)23(28)26-13-11-25(12-14-26)16-18-3-6-21(24)7-4-18/h3-10,15,17H,11-14,16H2,1-2H3. The predicted octanol–water partition coefficient (Wildman–Crippen LogP) is 4.83. The molecule has 3 aromatic rings. The Morgan fingerprint density at radius 3 is 2.39 bits per heavy atom. The van der Waals surface area contributed by atoms with Crippen LogP contribution >= 0.6 is 11.6 Å². The van der Waals surface area contributed by atoms with Crippen LogP contribution in [-0.4, -0.2) is 46.5 Å². The number of halogens is 1. The number of piperazine rings is 1. The van der Waals surface area contributed by atoms with Crippen molar-refractivity contribution in [2.75, 3.05) is 26.2 Å². The molecule has 4 rings (SSSR count). The summed E-state index contributed by atoms with van der Waals surface area (Å²) in [5.74, 6) is 0.130. The summed E-state index contributed by atoms with van der Waals surface area (Å²) >= 11 is 5.96. The molecule has 0 radical (unpaired) electrons. The summed E-state index contributed by atoms with van der Waals surface area (Å²) in [4.78, 5) is 17.3. The highest BCUT2D eigenvalue weighted by Crippen LogP contribution is 2.22. The maximum atomic E-state index is 13.0. The molecule has 0 N–H and O–H groups in total. The number of hydrogen-bond donors (Lipinski definition) is 0. The molecule has 1 fully saturated rings. The fourth-order valence-electron chi connectivity index (χ4n) is 3.89. The quantitative estimate of drug-likeness (QED) is 0.632. The van der Waals surface area contributed by atoms with E-state index < -0.39 is 0 Å². The third kappa shape index (κ3) is 3.94. The molecule has 0 atom stereocenters. The number of carbonyl (C=O) groups is 1. The zero-order valence-corrected chi connectivity index (χ0v) is 17.2. The third-order valence-electron chi connectivity index (χ3n) is 5.50. The Kier molecular flexibility index (Phi) is 5.42. The largest absolute Gasteiger partial charge is 0.345 e. The second kappa shape index (κ2) is 7.98. The number of carbonyl (C=O) groups excluding carboxylic acids is 1. The monoisotopic (exact) mass is 395 g/mol. The van der Waals surface area contributed by atoms with Crippen molar-refractivity contribution in [2.45, 2.75) is 26.4 Å². The highest BCUT2D eigenvalue weighted by atomic mass is 35.5. The fraction of sp³-hybridized carbons (Fsp3) is 0.348. The first-order chi connectivity index (χ1) is 13.5. The van der Waals surface area contributed by atoms with Crippen molar-refractivity contribution < 1.29 is 4.79 Å². The van der Waals surface area contributed by atoms with E-state index in [2.05, 4.69) is 53.8 Å². The van der Waals surface area contributed by atoms with E-state index in [4.69, 9.17) is 11.6 Å². The van der Waals surface area contributed by atoms with E-state index in [0.29, 0.717) is 6.04 Å². The average molecular weight is 396 g/mol. The molecule has 1 aliphatic heterocycles. The van der Waals surface area contributed by atoms with Crippen LogP contribution in [0.4, 0.5) is 0 Å². The molecule has 1 aromatic heterocycles. The van der Waals surface area contributed by atoms with E-state index in [-0.39, 0.29) is 5.91 Å². The zero-order valence-electron chi connectivity index (χ0n) is 16.4. The maximum Gasteiger partial charge on any atom is 0.253 e. The molecule has 1 amide bonds. The van der Waals surface area contributed by atoms with Crippen LogP contribution in [0.1, 0.15) is 35.8 Å². The number of nitrogens with zero attached hydrogens (tertiary/aromatic N) is 3. The van der Waals surface area contributed by atoms with E-state index in [1.165, 1.54) is 11.1 Å². The van der Waals surface area contributed by atoms with Crippen LogP contribution in [0.2, 0.25) is 5.02 Å². The summed E-state index contributed by atoms with van der Waals surface area (Å²) in [6.45, 7) is 8.54. The summed E-state index contributed by atoms with van der Waals surface area (Å²) in [7, 11) is 0. The Labute approximate surface area is 171 Å². The smallest absolute Gasteiger partial charge is 0.253 e. The fourth-order valence-corrected chi connectivity index (χ4v) is 4.01. The van der Waals surface area contributed by atoms with Gasteiger partial charge in [0.15, 0.2) is 0 Å². The highest BCUT2D eigenvalue weighted by Gasteiger charge is 2.22. The molecule has 5 heteroatoms. The van der Waals surface area contributed by atoms with Crippen LogP contribution in [0.25, 0.3) is 10.9 Å². The molecule has 4 nitrogen and oxygen atoms in total. The van der Waals surface area contributed by atoms with Crippen LogP contribution in [0.3, 0.4) is 0 Å². The number of amides is 1. The number of hydrogen-bond acceptors (Lipinski definition) is 2. The van der Waals surface area contributed by atoms with Crippen LogP contribution in [0.5, 0.6) is 0 Å². The normalized spacial score (nSPS) is 15.5. The Morgan fingerprint density at radius 1 is 1.00 bits per heavy atom. The summed E-state index contributed by atoms with van der Waals surface area (Å²) < 4.78 is 2.24. The van der Waals surface area contributed by atoms with Crippen molar-refractivity contribution in [1.82, 2.24) is 14.4 Å². The molecular weight excluding hydrogens is 370 g/mol. The first-order valence-electron chi connectivity index (χ1n) is 9.88. The maximum absolute atomic E-state index is 13.0. The molecule has 0 aliphatic carbocycles. The van der Waals surface area contributed by atoms with Crippen molar-refractivity contribution in [3.05, 3.63) is 70.9 Å². The molecule has 0 unspecified atom stereocenters. The molecular formula is C23H26ClN3O. The van der Waals surface area contributed by atoms with Crippen molar-refractivity contribution in [2.24, 2.45) is 0 Å². The lowest BCUT2D eigenvalue weighted by atomic mass is 10.1. The first-order valence-corrected chi connectivity index (χ1v) is 10.3. The first kappa shape index (κ1) is 19.0. The van der Waals surface area contributed by atoms with E-state index in [0.717, 1.165) is 48.7 Å². The van der Waals surface area contributed by atoms with Gasteiger partial charge in [0, 0.05) is 66.5 Å². The minimum Gasteiger partial charge on any atom is -0.345 e. The Morgan fingerprint density at radius 2 is 1.71 bits per heavy atom. The summed E-state index contributed by atoms with van der Waals surface area (Å²) in [6, 6.07) is 16.6. The van der Waals surface area contributed by atoms with Gasteiger partial charge in [-0.1, -0.05) is 23.7 Å². The molecule has 0 saturated carbocycles.